The minimum absolute atomic E-state index is 0.0769. The van der Waals surface area contributed by atoms with Gasteiger partial charge in [-0.05, 0) is 42.3 Å². The standard InChI is InChI=1S/C24H18N6O3/c31-21(27-24-26-20(28-29-24)19-8-4-5-12-25-19)16-9-10-17-18(14-16)23(33)30(22(17)32)13-11-15-6-2-1-3-7-15/h1-10,12,14H,11,13H2,(H2,26,27,28,29,31). The van der Waals surface area contributed by atoms with E-state index in [4.69, 9.17) is 0 Å². The van der Waals surface area contributed by atoms with Crippen LogP contribution in [-0.4, -0.2) is 49.3 Å². The molecule has 3 heterocycles. The third kappa shape index (κ3) is 3.99. The predicted molar refractivity (Wildman–Crippen MR) is 120 cm³/mol. The lowest BCUT2D eigenvalue weighted by Gasteiger charge is -2.13. The summed E-state index contributed by atoms with van der Waals surface area (Å²) in [5.74, 6) is -0.766. The van der Waals surface area contributed by atoms with Crippen LogP contribution in [0.15, 0.2) is 72.9 Å². The zero-order valence-corrected chi connectivity index (χ0v) is 17.4. The zero-order chi connectivity index (χ0) is 22.8. The largest absolute Gasteiger partial charge is 0.289 e. The summed E-state index contributed by atoms with van der Waals surface area (Å²) in [6, 6.07) is 19.4. The van der Waals surface area contributed by atoms with E-state index in [2.05, 4.69) is 25.5 Å². The van der Waals surface area contributed by atoms with Gasteiger partial charge in [-0.15, -0.1) is 5.10 Å². The number of amides is 3. The van der Waals surface area contributed by atoms with Gasteiger partial charge in [-0.1, -0.05) is 36.4 Å². The van der Waals surface area contributed by atoms with Crippen LogP contribution in [0.4, 0.5) is 5.95 Å². The summed E-state index contributed by atoms with van der Waals surface area (Å²) in [6.07, 6.45) is 2.19. The molecule has 2 N–H and O–H groups in total. The number of imide groups is 1. The lowest BCUT2D eigenvalue weighted by Crippen LogP contribution is -2.31. The van der Waals surface area contributed by atoms with Crippen LogP contribution in [-0.2, 0) is 6.42 Å². The van der Waals surface area contributed by atoms with Crippen molar-refractivity contribution in [2.75, 3.05) is 11.9 Å². The number of hydrogen-bond acceptors (Lipinski definition) is 6. The van der Waals surface area contributed by atoms with Crippen molar-refractivity contribution in [3.05, 3.63) is 95.2 Å². The van der Waals surface area contributed by atoms with E-state index in [0.717, 1.165) is 5.56 Å². The summed E-state index contributed by atoms with van der Waals surface area (Å²) < 4.78 is 0. The number of hydrogen-bond donors (Lipinski definition) is 2. The van der Waals surface area contributed by atoms with E-state index in [9.17, 15) is 14.4 Å². The summed E-state index contributed by atoms with van der Waals surface area (Å²) in [5, 5.41) is 9.30. The number of aromatic nitrogens is 4. The second-order valence-electron chi connectivity index (χ2n) is 7.43. The van der Waals surface area contributed by atoms with Gasteiger partial charge in [0.05, 0.1) is 11.1 Å². The van der Waals surface area contributed by atoms with Crippen LogP contribution in [0.5, 0.6) is 0 Å². The first kappa shape index (κ1) is 20.3. The number of pyridine rings is 1. The molecule has 1 aliphatic heterocycles. The van der Waals surface area contributed by atoms with Crippen LogP contribution in [0.1, 0.15) is 36.6 Å². The normalized spacial score (nSPS) is 12.7. The van der Waals surface area contributed by atoms with Crippen molar-refractivity contribution in [2.45, 2.75) is 6.42 Å². The highest BCUT2D eigenvalue weighted by Gasteiger charge is 2.35. The van der Waals surface area contributed by atoms with Gasteiger partial charge in [-0.3, -0.25) is 34.7 Å². The first-order chi connectivity index (χ1) is 16.1. The monoisotopic (exact) mass is 438 g/mol. The van der Waals surface area contributed by atoms with Crippen LogP contribution in [0.2, 0.25) is 0 Å². The number of anilines is 1. The molecule has 0 atom stereocenters. The molecule has 2 aromatic heterocycles. The smallest absolute Gasteiger partial charge is 0.261 e. The Bertz CT molecular complexity index is 1350. The van der Waals surface area contributed by atoms with E-state index in [0.29, 0.717) is 23.5 Å². The van der Waals surface area contributed by atoms with Crippen molar-refractivity contribution in [2.24, 2.45) is 0 Å². The third-order valence-corrected chi connectivity index (χ3v) is 5.32. The number of carbonyl (C=O) groups excluding carboxylic acids is 3. The van der Waals surface area contributed by atoms with Crippen molar-refractivity contribution in [3.8, 4) is 11.5 Å². The van der Waals surface area contributed by atoms with Crippen LogP contribution in [0, 0.1) is 0 Å². The van der Waals surface area contributed by atoms with E-state index in [1.807, 2.05) is 36.4 Å². The number of carbonyl (C=O) groups is 3. The molecule has 0 bridgehead atoms. The van der Waals surface area contributed by atoms with E-state index in [1.165, 1.54) is 23.1 Å². The van der Waals surface area contributed by atoms with Crippen molar-refractivity contribution >= 4 is 23.7 Å². The fraction of sp³-hybridized carbons (Fsp3) is 0.0833. The van der Waals surface area contributed by atoms with Crippen molar-refractivity contribution in [3.63, 3.8) is 0 Å². The number of H-pyrrole nitrogens is 1. The second-order valence-corrected chi connectivity index (χ2v) is 7.43. The molecule has 1 aliphatic rings. The first-order valence-electron chi connectivity index (χ1n) is 10.3. The number of nitrogens with one attached hydrogen (secondary N) is 2. The first-order valence-corrected chi connectivity index (χ1v) is 10.3. The molecule has 9 heteroatoms. The minimum Gasteiger partial charge on any atom is -0.289 e. The molecule has 0 saturated heterocycles. The van der Waals surface area contributed by atoms with Gasteiger partial charge in [0.2, 0.25) is 5.95 Å². The Kier molecular flexibility index (Phi) is 5.19. The molecule has 4 aromatic rings. The summed E-state index contributed by atoms with van der Waals surface area (Å²) >= 11 is 0. The fourth-order valence-corrected chi connectivity index (χ4v) is 3.63. The van der Waals surface area contributed by atoms with Gasteiger partial charge in [0.1, 0.15) is 5.69 Å². The molecule has 3 amide bonds. The second kappa shape index (κ2) is 8.46. The van der Waals surface area contributed by atoms with Crippen LogP contribution >= 0.6 is 0 Å². The molecule has 33 heavy (non-hydrogen) atoms. The van der Waals surface area contributed by atoms with Gasteiger partial charge < -0.3 is 0 Å². The van der Waals surface area contributed by atoms with E-state index >= 15 is 0 Å². The topological polar surface area (TPSA) is 121 Å². The summed E-state index contributed by atoms with van der Waals surface area (Å²) in [5.41, 5.74) is 2.35. The van der Waals surface area contributed by atoms with Gasteiger partial charge in [-0.25, -0.2) is 0 Å². The zero-order valence-electron chi connectivity index (χ0n) is 17.4. The van der Waals surface area contributed by atoms with Gasteiger partial charge in [0.15, 0.2) is 5.82 Å². The molecule has 0 unspecified atom stereocenters. The highest BCUT2D eigenvalue weighted by Crippen LogP contribution is 2.25. The molecule has 0 saturated carbocycles. The number of fused-ring (bicyclic) bond motifs is 1. The Morgan fingerprint density at radius 3 is 2.52 bits per heavy atom. The maximum absolute atomic E-state index is 12.9. The summed E-state index contributed by atoms with van der Waals surface area (Å²) in [4.78, 5) is 47.9. The summed E-state index contributed by atoms with van der Waals surface area (Å²) in [6.45, 7) is 0.269. The number of aromatic amines is 1. The van der Waals surface area contributed by atoms with Crippen LogP contribution < -0.4 is 5.32 Å². The van der Waals surface area contributed by atoms with Gasteiger partial charge in [0.25, 0.3) is 17.7 Å². The highest BCUT2D eigenvalue weighted by atomic mass is 16.2. The van der Waals surface area contributed by atoms with E-state index in [-0.39, 0.29) is 29.5 Å². The molecule has 5 rings (SSSR count). The average Bonchev–Trinajstić information content (AvgIpc) is 3.41. The Balaban J connectivity index is 1.30. The Morgan fingerprint density at radius 2 is 1.73 bits per heavy atom. The molecule has 0 aliphatic carbocycles. The maximum Gasteiger partial charge on any atom is 0.261 e. The summed E-state index contributed by atoms with van der Waals surface area (Å²) in [7, 11) is 0. The maximum atomic E-state index is 12.9. The molecule has 0 spiro atoms. The van der Waals surface area contributed by atoms with E-state index < -0.39 is 11.8 Å². The molecular formula is C24H18N6O3. The molecule has 2 aromatic carbocycles. The quantitative estimate of drug-likeness (QED) is 0.447. The van der Waals surface area contributed by atoms with Crippen molar-refractivity contribution in [1.29, 1.82) is 0 Å². The number of rotatable bonds is 6. The van der Waals surface area contributed by atoms with Crippen LogP contribution in [0.25, 0.3) is 11.5 Å². The van der Waals surface area contributed by atoms with Crippen molar-refractivity contribution in [1.82, 2.24) is 25.1 Å². The predicted octanol–water partition coefficient (Wildman–Crippen LogP) is 2.96. The van der Waals surface area contributed by atoms with Gasteiger partial charge in [0, 0.05) is 18.3 Å². The Hall–Kier alpha value is -4.66. The lowest BCUT2D eigenvalue weighted by molar-refractivity contribution is 0.0656. The Labute approximate surface area is 188 Å². The number of nitrogens with zero attached hydrogens (tertiary/aromatic N) is 4. The third-order valence-electron chi connectivity index (χ3n) is 5.32. The van der Waals surface area contributed by atoms with Crippen molar-refractivity contribution < 1.29 is 14.4 Å². The number of benzene rings is 2. The van der Waals surface area contributed by atoms with Gasteiger partial charge in [-0.2, -0.15) is 4.98 Å². The highest BCUT2D eigenvalue weighted by molar-refractivity contribution is 6.22. The molecule has 0 fully saturated rings. The molecule has 162 valence electrons. The van der Waals surface area contributed by atoms with E-state index in [1.54, 1.807) is 18.3 Å². The average molecular weight is 438 g/mol. The lowest BCUT2D eigenvalue weighted by atomic mass is 10.1. The minimum atomic E-state index is -0.493. The van der Waals surface area contributed by atoms with Crippen LogP contribution in [0.3, 0.4) is 0 Å². The molecule has 9 nitrogen and oxygen atoms in total. The SMILES string of the molecule is O=C(Nc1n[nH]c(-c2ccccn2)n1)c1ccc2c(c1)C(=O)N(CCc1ccccc1)C2=O. The van der Waals surface area contributed by atoms with Gasteiger partial charge >= 0.3 is 0 Å². The molecule has 0 radical (unpaired) electrons. The fourth-order valence-electron chi connectivity index (χ4n) is 3.63. The molecular weight excluding hydrogens is 420 g/mol. The Morgan fingerprint density at radius 1 is 0.939 bits per heavy atom.